The molecule has 4 rings (SSSR count). The van der Waals surface area contributed by atoms with Crippen LogP contribution in [0.4, 0.5) is 5.69 Å². The van der Waals surface area contributed by atoms with E-state index in [0.29, 0.717) is 35.7 Å². The average Bonchev–Trinajstić information content (AvgIpc) is 3.24. The fourth-order valence-corrected chi connectivity index (χ4v) is 3.43. The molecule has 0 spiro atoms. The summed E-state index contributed by atoms with van der Waals surface area (Å²) in [6.07, 6.45) is 1.41. The number of fused-ring (bicyclic) bond motifs is 2. The number of hydrogen-bond acceptors (Lipinski definition) is 4. The van der Waals surface area contributed by atoms with Gasteiger partial charge in [-0.1, -0.05) is 31.5 Å². The van der Waals surface area contributed by atoms with Gasteiger partial charge in [-0.2, -0.15) is 0 Å². The van der Waals surface area contributed by atoms with Crippen LogP contribution in [0.1, 0.15) is 35.7 Å². The highest BCUT2D eigenvalue weighted by Gasteiger charge is 2.35. The number of benzene rings is 2. The van der Waals surface area contributed by atoms with Gasteiger partial charge < -0.3 is 19.7 Å². The van der Waals surface area contributed by atoms with Crippen molar-refractivity contribution in [3.63, 3.8) is 0 Å². The zero-order chi connectivity index (χ0) is 18.1. The van der Waals surface area contributed by atoms with Crippen molar-refractivity contribution < 1.29 is 19.1 Å². The summed E-state index contributed by atoms with van der Waals surface area (Å²) in [4.78, 5) is 27.3. The monoisotopic (exact) mass is 352 g/mol. The lowest BCUT2D eigenvalue weighted by Gasteiger charge is -2.26. The largest absolute Gasteiger partial charge is 0.454 e. The molecule has 0 aromatic heterocycles. The molecule has 2 aliphatic rings. The minimum Gasteiger partial charge on any atom is -0.454 e. The van der Waals surface area contributed by atoms with Crippen molar-refractivity contribution in [1.29, 1.82) is 0 Å². The highest BCUT2D eigenvalue weighted by atomic mass is 16.7. The minimum absolute atomic E-state index is 0.0834. The molecule has 6 nitrogen and oxygen atoms in total. The molecule has 2 heterocycles. The number of rotatable bonds is 5. The van der Waals surface area contributed by atoms with Gasteiger partial charge >= 0.3 is 0 Å². The van der Waals surface area contributed by atoms with Gasteiger partial charge in [0.15, 0.2) is 11.5 Å². The van der Waals surface area contributed by atoms with Gasteiger partial charge in [0.2, 0.25) is 12.7 Å². The van der Waals surface area contributed by atoms with Crippen molar-refractivity contribution in [3.8, 4) is 11.5 Å². The van der Waals surface area contributed by atoms with E-state index in [4.69, 9.17) is 9.47 Å². The van der Waals surface area contributed by atoms with Crippen LogP contribution in [0.25, 0.3) is 0 Å². The first-order chi connectivity index (χ1) is 12.7. The molecule has 0 aliphatic carbocycles. The molecule has 0 radical (unpaired) electrons. The maximum atomic E-state index is 12.9. The Morgan fingerprint density at radius 2 is 2.00 bits per heavy atom. The quantitative estimate of drug-likeness (QED) is 0.897. The average molecular weight is 352 g/mol. The van der Waals surface area contributed by atoms with E-state index in [1.807, 2.05) is 31.2 Å². The Kier molecular flexibility index (Phi) is 4.24. The van der Waals surface area contributed by atoms with Crippen LogP contribution in [-0.4, -0.2) is 29.5 Å². The number of amides is 2. The number of ether oxygens (including phenoxy) is 2. The summed E-state index contributed by atoms with van der Waals surface area (Å²) in [5.41, 5.74) is 2.28. The zero-order valence-corrected chi connectivity index (χ0v) is 14.5. The lowest BCUT2D eigenvalue weighted by molar-refractivity contribution is -0.120. The summed E-state index contributed by atoms with van der Waals surface area (Å²) in [5.74, 6) is 1.00. The topological polar surface area (TPSA) is 67.9 Å². The van der Waals surface area contributed by atoms with Crippen LogP contribution in [0.5, 0.6) is 11.5 Å². The lowest BCUT2D eigenvalue weighted by atomic mass is 10.1. The molecule has 1 atom stereocenters. The molecular formula is C20H20N2O4. The molecule has 0 fully saturated rings. The first-order valence-corrected chi connectivity index (χ1v) is 8.76. The second-order valence-electron chi connectivity index (χ2n) is 6.45. The third-order valence-electron chi connectivity index (χ3n) is 4.73. The molecule has 0 saturated carbocycles. The van der Waals surface area contributed by atoms with Gasteiger partial charge in [-0.25, -0.2) is 0 Å². The Morgan fingerprint density at radius 1 is 1.19 bits per heavy atom. The molecule has 2 aromatic rings. The Bertz CT molecular complexity index is 865. The van der Waals surface area contributed by atoms with E-state index in [2.05, 4.69) is 5.32 Å². The molecule has 0 bridgehead atoms. The second kappa shape index (κ2) is 6.71. The molecule has 26 heavy (non-hydrogen) atoms. The molecular weight excluding hydrogens is 332 g/mol. The van der Waals surface area contributed by atoms with Gasteiger partial charge in [-0.05, 0) is 30.2 Å². The maximum Gasteiger partial charge on any atom is 0.255 e. The molecule has 0 saturated heterocycles. The van der Waals surface area contributed by atoms with Crippen molar-refractivity contribution in [1.82, 2.24) is 4.90 Å². The lowest BCUT2D eigenvalue weighted by Crippen LogP contribution is -2.44. The van der Waals surface area contributed by atoms with Gasteiger partial charge in [-0.15, -0.1) is 0 Å². The zero-order valence-electron chi connectivity index (χ0n) is 14.5. The van der Waals surface area contributed by atoms with Crippen LogP contribution in [0.3, 0.4) is 0 Å². The predicted octanol–water partition coefficient (Wildman–Crippen LogP) is 3.18. The molecule has 134 valence electrons. The molecule has 2 aliphatic heterocycles. The van der Waals surface area contributed by atoms with Crippen molar-refractivity contribution in [3.05, 3.63) is 53.6 Å². The van der Waals surface area contributed by atoms with E-state index in [-0.39, 0.29) is 18.6 Å². The second-order valence-corrected chi connectivity index (χ2v) is 6.45. The van der Waals surface area contributed by atoms with E-state index in [1.54, 1.807) is 23.1 Å². The molecule has 2 amide bonds. The number of nitrogens with zero attached hydrogens (tertiary/aromatic N) is 1. The van der Waals surface area contributed by atoms with Crippen LogP contribution in [0.15, 0.2) is 42.5 Å². The third-order valence-corrected chi connectivity index (χ3v) is 4.73. The van der Waals surface area contributed by atoms with Crippen molar-refractivity contribution in [2.75, 3.05) is 12.1 Å². The number of anilines is 1. The van der Waals surface area contributed by atoms with Crippen LogP contribution in [0.2, 0.25) is 0 Å². The van der Waals surface area contributed by atoms with Gasteiger partial charge in [0.1, 0.15) is 6.04 Å². The van der Waals surface area contributed by atoms with Crippen molar-refractivity contribution >= 4 is 17.5 Å². The predicted molar refractivity (Wildman–Crippen MR) is 96.2 cm³/mol. The van der Waals surface area contributed by atoms with Crippen molar-refractivity contribution in [2.24, 2.45) is 0 Å². The van der Waals surface area contributed by atoms with Crippen LogP contribution in [-0.2, 0) is 11.3 Å². The van der Waals surface area contributed by atoms with E-state index >= 15 is 0 Å². The van der Waals surface area contributed by atoms with Gasteiger partial charge in [0.05, 0.1) is 0 Å². The summed E-state index contributed by atoms with van der Waals surface area (Å²) in [6, 6.07) is 12.3. The van der Waals surface area contributed by atoms with E-state index in [9.17, 15) is 9.59 Å². The fraction of sp³-hybridized carbons (Fsp3) is 0.300. The Balaban J connectivity index is 1.53. The number of carbonyl (C=O) groups excluding carboxylic acids is 2. The van der Waals surface area contributed by atoms with Gasteiger partial charge in [0, 0.05) is 23.9 Å². The summed E-state index contributed by atoms with van der Waals surface area (Å²) in [7, 11) is 0. The van der Waals surface area contributed by atoms with Gasteiger partial charge in [-0.3, -0.25) is 9.59 Å². The Hall–Kier alpha value is -3.02. The normalized spacial score (nSPS) is 15.7. The van der Waals surface area contributed by atoms with E-state index in [1.165, 1.54) is 0 Å². The molecule has 2 aromatic carbocycles. The molecule has 0 unspecified atom stereocenters. The Labute approximate surface area is 151 Å². The maximum absolute atomic E-state index is 12.9. The van der Waals surface area contributed by atoms with Gasteiger partial charge in [0.25, 0.3) is 5.91 Å². The van der Waals surface area contributed by atoms with E-state index in [0.717, 1.165) is 12.0 Å². The minimum atomic E-state index is -0.509. The SMILES string of the molecule is CCC[C@@H](C(=O)Nc1ccc2c(c1)OCO2)N1Cc2ccccc2C1=O. The van der Waals surface area contributed by atoms with Crippen LogP contribution in [0, 0.1) is 0 Å². The van der Waals surface area contributed by atoms with Crippen molar-refractivity contribution in [2.45, 2.75) is 32.4 Å². The molecule has 6 heteroatoms. The summed E-state index contributed by atoms with van der Waals surface area (Å²) in [6.45, 7) is 2.66. The number of nitrogens with one attached hydrogen (secondary N) is 1. The third kappa shape index (κ3) is 2.87. The number of carbonyl (C=O) groups is 2. The number of hydrogen-bond donors (Lipinski definition) is 1. The highest BCUT2D eigenvalue weighted by Crippen LogP contribution is 2.34. The molecule has 1 N–H and O–H groups in total. The standard InChI is InChI=1S/C20H20N2O4/c1-2-5-16(22-11-13-6-3-4-7-15(13)20(22)24)19(23)21-14-8-9-17-18(10-14)26-12-25-17/h3-4,6-10,16H,2,5,11-12H2,1H3,(H,21,23)/t16-/m0/s1. The Morgan fingerprint density at radius 3 is 2.81 bits per heavy atom. The van der Waals surface area contributed by atoms with Crippen LogP contribution < -0.4 is 14.8 Å². The van der Waals surface area contributed by atoms with E-state index < -0.39 is 6.04 Å². The highest BCUT2D eigenvalue weighted by molar-refractivity contribution is 6.03. The summed E-state index contributed by atoms with van der Waals surface area (Å²) < 4.78 is 10.6. The smallest absolute Gasteiger partial charge is 0.255 e. The van der Waals surface area contributed by atoms with Crippen LogP contribution >= 0.6 is 0 Å². The first kappa shape index (κ1) is 16.4. The fourth-order valence-electron chi connectivity index (χ4n) is 3.43. The summed E-state index contributed by atoms with van der Waals surface area (Å²) in [5, 5.41) is 2.91. The first-order valence-electron chi connectivity index (χ1n) is 8.76. The summed E-state index contributed by atoms with van der Waals surface area (Å²) >= 11 is 0.